The molecule has 1 aliphatic rings. The molecular weight excluding hydrogens is 521 g/mol. The lowest BCUT2D eigenvalue weighted by molar-refractivity contribution is -0.134. The minimum atomic E-state index is -0.398. The van der Waals surface area contributed by atoms with Crippen molar-refractivity contribution in [1.29, 1.82) is 0 Å². The predicted molar refractivity (Wildman–Crippen MR) is 153 cm³/mol. The largest absolute Gasteiger partial charge is 0.484 e. The van der Waals surface area contributed by atoms with Crippen LogP contribution in [0.25, 0.3) is 0 Å². The van der Waals surface area contributed by atoms with Crippen LogP contribution >= 0.6 is 0 Å². The number of carbonyl (C=O) groups is 2. The predicted octanol–water partition coefficient (Wildman–Crippen LogP) is 6.15. The van der Waals surface area contributed by atoms with Gasteiger partial charge in [0.2, 0.25) is 11.8 Å². The van der Waals surface area contributed by atoms with Crippen LogP contribution in [0.5, 0.6) is 5.75 Å². The van der Waals surface area contributed by atoms with Gasteiger partial charge in [-0.2, -0.15) is 0 Å². The van der Waals surface area contributed by atoms with E-state index in [2.05, 4.69) is 61.4 Å². The number of fused-ring (bicyclic) bond motifs is 1. The van der Waals surface area contributed by atoms with Crippen LogP contribution in [-0.4, -0.2) is 28.2 Å². The zero-order valence-electron chi connectivity index (χ0n) is 23.5. The molecule has 2 heterocycles. The topological polar surface area (TPSA) is 84.7 Å². The van der Waals surface area contributed by atoms with Crippen LogP contribution in [0.1, 0.15) is 70.5 Å². The molecule has 5 rings (SSSR count). The molecular formula is C33H34FN3O4. The van der Waals surface area contributed by atoms with Crippen LogP contribution in [-0.2, 0) is 24.4 Å². The van der Waals surface area contributed by atoms with Crippen molar-refractivity contribution in [2.75, 3.05) is 6.54 Å². The molecule has 0 aliphatic carbocycles. The SMILES string of the molecule is Cc1ccc([C@@H]2c3cc(OCc4nc(C(=O)NCc5ccc(F)cc5)co4)ccc3CCN2C(=O)CC(C)C)cc1. The molecule has 0 spiro atoms. The van der Waals surface area contributed by atoms with Crippen molar-refractivity contribution < 1.29 is 23.1 Å². The molecule has 0 bridgehead atoms. The van der Waals surface area contributed by atoms with Gasteiger partial charge in [-0.15, -0.1) is 0 Å². The van der Waals surface area contributed by atoms with Crippen molar-refractivity contribution in [3.8, 4) is 5.75 Å². The Bertz CT molecular complexity index is 1510. The maximum Gasteiger partial charge on any atom is 0.273 e. The summed E-state index contributed by atoms with van der Waals surface area (Å²) in [5.41, 5.74) is 5.37. The first-order valence-electron chi connectivity index (χ1n) is 13.9. The van der Waals surface area contributed by atoms with Gasteiger partial charge in [0.05, 0.1) is 6.04 Å². The van der Waals surface area contributed by atoms with E-state index in [0.29, 0.717) is 18.7 Å². The van der Waals surface area contributed by atoms with E-state index in [4.69, 9.17) is 9.15 Å². The van der Waals surface area contributed by atoms with Crippen molar-refractivity contribution in [3.63, 3.8) is 0 Å². The van der Waals surface area contributed by atoms with Crippen LogP contribution < -0.4 is 10.1 Å². The Balaban J connectivity index is 1.29. The monoisotopic (exact) mass is 555 g/mol. The fourth-order valence-electron chi connectivity index (χ4n) is 5.03. The van der Waals surface area contributed by atoms with Crippen molar-refractivity contribution in [3.05, 3.63) is 118 Å². The Morgan fingerprint density at radius 1 is 1.10 bits per heavy atom. The second-order valence-corrected chi connectivity index (χ2v) is 10.8. The number of carbonyl (C=O) groups excluding carboxylic acids is 2. The number of hydrogen-bond acceptors (Lipinski definition) is 5. The third-order valence-corrected chi connectivity index (χ3v) is 7.15. The van der Waals surface area contributed by atoms with Gasteiger partial charge in [-0.25, -0.2) is 9.37 Å². The maximum atomic E-state index is 13.3. The molecule has 1 atom stereocenters. The van der Waals surface area contributed by atoms with E-state index in [0.717, 1.165) is 28.7 Å². The summed E-state index contributed by atoms with van der Waals surface area (Å²) in [5, 5.41) is 2.75. The number of aryl methyl sites for hydroxylation is 1. The second kappa shape index (κ2) is 12.4. The summed E-state index contributed by atoms with van der Waals surface area (Å²) in [5.74, 6) is 0.575. The summed E-state index contributed by atoms with van der Waals surface area (Å²) in [6.45, 7) is 7.12. The summed E-state index contributed by atoms with van der Waals surface area (Å²) >= 11 is 0. The molecule has 1 N–H and O–H groups in total. The third-order valence-electron chi connectivity index (χ3n) is 7.15. The van der Waals surface area contributed by atoms with Gasteiger partial charge in [-0.1, -0.05) is 61.9 Å². The van der Waals surface area contributed by atoms with Crippen LogP contribution in [0.3, 0.4) is 0 Å². The molecule has 0 fully saturated rings. The number of ether oxygens (including phenoxy) is 1. The fourth-order valence-corrected chi connectivity index (χ4v) is 5.03. The highest BCUT2D eigenvalue weighted by molar-refractivity contribution is 5.91. The lowest BCUT2D eigenvalue weighted by atomic mass is 9.87. The van der Waals surface area contributed by atoms with Gasteiger partial charge in [-0.05, 0) is 65.8 Å². The van der Waals surface area contributed by atoms with E-state index in [-0.39, 0.29) is 48.4 Å². The quantitative estimate of drug-likeness (QED) is 0.268. The minimum Gasteiger partial charge on any atom is -0.484 e. The Labute approximate surface area is 239 Å². The van der Waals surface area contributed by atoms with E-state index in [1.807, 2.05) is 17.0 Å². The van der Waals surface area contributed by atoms with E-state index >= 15 is 0 Å². The van der Waals surface area contributed by atoms with Gasteiger partial charge >= 0.3 is 0 Å². The number of halogens is 1. The van der Waals surface area contributed by atoms with Crippen molar-refractivity contribution in [2.24, 2.45) is 5.92 Å². The summed E-state index contributed by atoms with van der Waals surface area (Å²) in [6.07, 6.45) is 2.56. The van der Waals surface area contributed by atoms with Gasteiger partial charge in [0.15, 0.2) is 12.3 Å². The number of nitrogens with zero attached hydrogens (tertiary/aromatic N) is 2. The second-order valence-electron chi connectivity index (χ2n) is 10.8. The zero-order chi connectivity index (χ0) is 28.9. The van der Waals surface area contributed by atoms with Crippen LogP contribution in [0, 0.1) is 18.7 Å². The Kier molecular flexibility index (Phi) is 8.47. The number of aromatic nitrogens is 1. The molecule has 3 aromatic carbocycles. The normalized spacial score (nSPS) is 14.6. The lowest BCUT2D eigenvalue weighted by Gasteiger charge is -2.38. The Morgan fingerprint density at radius 2 is 1.85 bits per heavy atom. The van der Waals surface area contributed by atoms with Crippen LogP contribution in [0.2, 0.25) is 0 Å². The summed E-state index contributed by atoms with van der Waals surface area (Å²) in [4.78, 5) is 32.0. The molecule has 8 heteroatoms. The third kappa shape index (κ3) is 6.82. The Hall–Kier alpha value is -4.46. The first-order chi connectivity index (χ1) is 19.8. The number of amides is 2. The number of nitrogens with one attached hydrogen (secondary N) is 1. The molecule has 0 saturated heterocycles. The molecule has 2 amide bonds. The average molecular weight is 556 g/mol. The molecule has 0 unspecified atom stereocenters. The first-order valence-corrected chi connectivity index (χ1v) is 13.9. The average Bonchev–Trinajstić information content (AvgIpc) is 3.44. The molecule has 0 radical (unpaired) electrons. The first kappa shape index (κ1) is 28.1. The highest BCUT2D eigenvalue weighted by Gasteiger charge is 2.32. The number of rotatable bonds is 9. The lowest BCUT2D eigenvalue weighted by Crippen LogP contribution is -2.41. The number of hydrogen-bond donors (Lipinski definition) is 1. The molecule has 1 aromatic heterocycles. The van der Waals surface area contributed by atoms with Crippen LogP contribution in [0.4, 0.5) is 4.39 Å². The summed E-state index contributed by atoms with van der Waals surface area (Å²) < 4.78 is 24.6. The van der Waals surface area contributed by atoms with Crippen molar-refractivity contribution in [1.82, 2.24) is 15.2 Å². The molecule has 1 aliphatic heterocycles. The van der Waals surface area contributed by atoms with Gasteiger partial charge in [0, 0.05) is 19.5 Å². The molecule has 212 valence electrons. The highest BCUT2D eigenvalue weighted by atomic mass is 19.1. The van der Waals surface area contributed by atoms with Gasteiger partial charge < -0.3 is 19.4 Å². The van der Waals surface area contributed by atoms with Crippen LogP contribution in [0.15, 0.2) is 77.4 Å². The maximum absolute atomic E-state index is 13.3. The Morgan fingerprint density at radius 3 is 2.59 bits per heavy atom. The van der Waals surface area contributed by atoms with E-state index in [1.54, 1.807) is 12.1 Å². The van der Waals surface area contributed by atoms with Gasteiger partial charge in [0.25, 0.3) is 5.91 Å². The van der Waals surface area contributed by atoms with E-state index in [9.17, 15) is 14.0 Å². The highest BCUT2D eigenvalue weighted by Crippen LogP contribution is 2.38. The summed E-state index contributed by atoms with van der Waals surface area (Å²) in [7, 11) is 0. The van der Waals surface area contributed by atoms with Gasteiger partial charge in [-0.3, -0.25) is 9.59 Å². The number of oxazole rings is 1. The van der Waals surface area contributed by atoms with Gasteiger partial charge in [0.1, 0.15) is 17.8 Å². The van der Waals surface area contributed by atoms with E-state index in [1.165, 1.54) is 24.0 Å². The minimum absolute atomic E-state index is 0.0369. The molecule has 4 aromatic rings. The van der Waals surface area contributed by atoms with E-state index < -0.39 is 5.91 Å². The fraction of sp³-hybridized carbons (Fsp3) is 0.303. The molecule has 0 saturated carbocycles. The molecule has 41 heavy (non-hydrogen) atoms. The smallest absolute Gasteiger partial charge is 0.273 e. The molecule has 7 nitrogen and oxygen atoms in total. The summed E-state index contributed by atoms with van der Waals surface area (Å²) in [6, 6.07) is 20.0. The van der Waals surface area contributed by atoms with Crippen molar-refractivity contribution >= 4 is 11.8 Å². The zero-order valence-corrected chi connectivity index (χ0v) is 23.5. The number of benzene rings is 3. The van der Waals surface area contributed by atoms with Crippen molar-refractivity contribution in [2.45, 2.75) is 52.8 Å². The standard InChI is InChI=1S/C33H34FN3O4/c1-21(2)16-31(38)37-15-14-24-10-13-27(17-28(24)32(37)25-8-4-22(3)5-9-25)40-20-30-36-29(19-41-30)33(39)35-18-23-6-11-26(34)12-7-23/h4-13,17,19,21,32H,14-16,18,20H2,1-3H3,(H,35,39)/t32-/m1/s1.